The number of nitrogens with two attached hydrogens (primary N) is 1. The number of hydrogen-bond donors (Lipinski definition) is 2. The summed E-state index contributed by atoms with van der Waals surface area (Å²) in [6.45, 7) is 3.28. The second kappa shape index (κ2) is 7.76. The third-order valence-corrected chi connectivity index (χ3v) is 5.69. The number of aliphatic hydroxyl groups excluding tert-OH is 1. The fourth-order valence-corrected chi connectivity index (χ4v) is 4.18. The molecule has 7 nitrogen and oxygen atoms in total. The Labute approximate surface area is 177 Å². The minimum absolute atomic E-state index is 0.211. The Morgan fingerprint density at radius 3 is 2.61 bits per heavy atom. The zero-order chi connectivity index (χ0) is 22.4. The molecule has 1 aromatic rings. The SMILES string of the molecule is CC1(CO)Cc2cc(N3C(C(F)(F)F)=CC=CC3C(N)=O)c(N3CCOCC3)cc2O1. The number of halogens is 3. The number of hydrogen-bond acceptors (Lipinski definition) is 6. The quantitative estimate of drug-likeness (QED) is 0.745. The Balaban J connectivity index is 1.89. The van der Waals surface area contributed by atoms with Crippen molar-refractivity contribution in [2.24, 2.45) is 5.73 Å². The molecule has 1 amide bonds. The van der Waals surface area contributed by atoms with Crippen LogP contribution < -0.4 is 20.3 Å². The summed E-state index contributed by atoms with van der Waals surface area (Å²) in [6.07, 6.45) is -0.893. The highest BCUT2D eigenvalue weighted by Gasteiger charge is 2.44. The number of ether oxygens (including phenoxy) is 2. The lowest BCUT2D eigenvalue weighted by atomic mass is 9.98. The highest BCUT2D eigenvalue weighted by Crippen LogP contribution is 2.46. The molecular weight excluding hydrogens is 415 g/mol. The number of carbonyl (C=O) groups is 1. The molecule has 2 unspecified atom stereocenters. The van der Waals surface area contributed by atoms with E-state index in [1.807, 2.05) is 4.90 Å². The number of benzene rings is 1. The number of alkyl halides is 3. The molecule has 0 aliphatic carbocycles. The molecule has 3 N–H and O–H groups in total. The minimum Gasteiger partial charge on any atom is -0.484 e. The van der Waals surface area contributed by atoms with Crippen LogP contribution in [0.15, 0.2) is 36.1 Å². The van der Waals surface area contributed by atoms with E-state index in [-0.39, 0.29) is 12.3 Å². The molecule has 3 heterocycles. The lowest BCUT2D eigenvalue weighted by Gasteiger charge is -2.39. The monoisotopic (exact) mass is 439 g/mol. The molecule has 0 spiro atoms. The molecule has 168 valence electrons. The molecule has 10 heteroatoms. The van der Waals surface area contributed by atoms with Crippen LogP contribution in [-0.4, -0.2) is 61.7 Å². The van der Waals surface area contributed by atoms with E-state index in [9.17, 15) is 23.1 Å². The number of fused-ring (bicyclic) bond motifs is 1. The highest BCUT2D eigenvalue weighted by molar-refractivity contribution is 5.90. The van der Waals surface area contributed by atoms with Crippen molar-refractivity contribution in [2.45, 2.75) is 31.2 Å². The first-order chi connectivity index (χ1) is 14.6. The summed E-state index contributed by atoms with van der Waals surface area (Å²) in [4.78, 5) is 15.0. The topological polar surface area (TPSA) is 88.3 Å². The average molecular weight is 439 g/mol. The van der Waals surface area contributed by atoms with Crippen LogP contribution in [0.3, 0.4) is 0 Å². The highest BCUT2D eigenvalue weighted by atomic mass is 19.4. The van der Waals surface area contributed by atoms with Crippen molar-refractivity contribution in [3.8, 4) is 5.75 Å². The van der Waals surface area contributed by atoms with Crippen molar-refractivity contribution in [1.82, 2.24) is 0 Å². The Kier molecular flexibility index (Phi) is 5.38. The summed E-state index contributed by atoms with van der Waals surface area (Å²) >= 11 is 0. The molecule has 0 bridgehead atoms. The van der Waals surface area contributed by atoms with Gasteiger partial charge in [0.25, 0.3) is 0 Å². The predicted octanol–water partition coefficient (Wildman–Crippen LogP) is 1.89. The molecule has 0 radical (unpaired) electrons. The number of primary amides is 1. The van der Waals surface area contributed by atoms with Gasteiger partial charge in [0.2, 0.25) is 5.91 Å². The van der Waals surface area contributed by atoms with Gasteiger partial charge in [0, 0.05) is 31.1 Å². The average Bonchev–Trinajstić information content (AvgIpc) is 3.08. The van der Waals surface area contributed by atoms with Crippen LogP contribution in [0.25, 0.3) is 0 Å². The lowest BCUT2D eigenvalue weighted by Crippen LogP contribution is -2.48. The smallest absolute Gasteiger partial charge is 0.431 e. The van der Waals surface area contributed by atoms with E-state index < -0.39 is 29.4 Å². The first-order valence-corrected chi connectivity index (χ1v) is 9.97. The molecule has 0 saturated carbocycles. The normalized spacial score (nSPS) is 25.8. The Bertz CT molecular complexity index is 941. The van der Waals surface area contributed by atoms with E-state index in [0.29, 0.717) is 49.7 Å². The van der Waals surface area contributed by atoms with Crippen molar-refractivity contribution in [1.29, 1.82) is 0 Å². The van der Waals surface area contributed by atoms with Crippen LogP contribution in [0.5, 0.6) is 5.75 Å². The number of morpholine rings is 1. The van der Waals surface area contributed by atoms with Gasteiger partial charge in [0.05, 0.1) is 31.2 Å². The van der Waals surface area contributed by atoms with Crippen LogP contribution in [0.2, 0.25) is 0 Å². The lowest BCUT2D eigenvalue weighted by molar-refractivity contribution is -0.119. The molecule has 4 rings (SSSR count). The molecule has 3 aliphatic rings. The largest absolute Gasteiger partial charge is 0.484 e. The fourth-order valence-electron chi connectivity index (χ4n) is 4.18. The molecule has 1 fully saturated rings. The minimum atomic E-state index is -4.70. The Hall–Kier alpha value is -2.72. The van der Waals surface area contributed by atoms with Gasteiger partial charge in [-0.2, -0.15) is 13.2 Å². The number of anilines is 2. The van der Waals surface area contributed by atoms with Crippen molar-refractivity contribution in [3.63, 3.8) is 0 Å². The summed E-state index contributed by atoms with van der Waals surface area (Å²) in [6, 6.07) is 1.99. The number of amides is 1. The third kappa shape index (κ3) is 3.97. The number of allylic oxidation sites excluding steroid dienone is 3. The summed E-state index contributed by atoms with van der Waals surface area (Å²) in [5.74, 6) is -0.390. The zero-order valence-electron chi connectivity index (χ0n) is 17.0. The predicted molar refractivity (Wildman–Crippen MR) is 108 cm³/mol. The van der Waals surface area contributed by atoms with E-state index in [1.165, 1.54) is 12.2 Å². The first kappa shape index (κ1) is 21.5. The van der Waals surface area contributed by atoms with Crippen LogP contribution >= 0.6 is 0 Å². The molecule has 31 heavy (non-hydrogen) atoms. The Morgan fingerprint density at radius 1 is 1.29 bits per heavy atom. The van der Waals surface area contributed by atoms with Gasteiger partial charge in [-0.3, -0.25) is 4.79 Å². The van der Waals surface area contributed by atoms with E-state index in [4.69, 9.17) is 15.2 Å². The van der Waals surface area contributed by atoms with Crippen molar-refractivity contribution in [3.05, 3.63) is 41.6 Å². The summed E-state index contributed by atoms with van der Waals surface area (Å²) < 4.78 is 53.2. The van der Waals surface area contributed by atoms with Gasteiger partial charge in [0.15, 0.2) is 0 Å². The summed E-state index contributed by atoms with van der Waals surface area (Å²) in [5.41, 5.74) is 5.00. The van der Waals surface area contributed by atoms with E-state index in [0.717, 1.165) is 11.0 Å². The zero-order valence-corrected chi connectivity index (χ0v) is 17.0. The van der Waals surface area contributed by atoms with E-state index >= 15 is 0 Å². The maximum Gasteiger partial charge on any atom is 0.431 e. The number of rotatable bonds is 4. The fraction of sp³-hybridized carbons (Fsp3) is 0.476. The second-order valence-electron chi connectivity index (χ2n) is 8.09. The maximum absolute atomic E-state index is 14.0. The Morgan fingerprint density at radius 2 is 2.00 bits per heavy atom. The molecular formula is C21H24F3N3O4. The van der Waals surface area contributed by atoms with Gasteiger partial charge >= 0.3 is 6.18 Å². The van der Waals surface area contributed by atoms with E-state index in [2.05, 4.69) is 0 Å². The van der Waals surface area contributed by atoms with Crippen molar-refractivity contribution < 1.29 is 32.5 Å². The molecule has 3 aliphatic heterocycles. The van der Waals surface area contributed by atoms with Gasteiger partial charge in [-0.05, 0) is 19.1 Å². The van der Waals surface area contributed by atoms with Crippen molar-refractivity contribution in [2.75, 3.05) is 42.7 Å². The summed E-state index contributed by atoms with van der Waals surface area (Å²) in [7, 11) is 0. The summed E-state index contributed by atoms with van der Waals surface area (Å²) in [5, 5.41) is 9.71. The third-order valence-electron chi connectivity index (χ3n) is 5.69. The van der Waals surface area contributed by atoms with Crippen LogP contribution in [0.1, 0.15) is 12.5 Å². The van der Waals surface area contributed by atoms with Crippen LogP contribution in [0.4, 0.5) is 24.5 Å². The molecule has 0 aromatic heterocycles. The number of nitrogens with zero attached hydrogens (tertiary/aromatic N) is 2. The van der Waals surface area contributed by atoms with Gasteiger partial charge < -0.3 is 30.1 Å². The van der Waals surface area contributed by atoms with Gasteiger partial charge in [-0.25, -0.2) is 0 Å². The van der Waals surface area contributed by atoms with E-state index in [1.54, 1.807) is 19.1 Å². The second-order valence-corrected chi connectivity index (χ2v) is 8.09. The maximum atomic E-state index is 14.0. The number of carbonyl (C=O) groups excluding carboxylic acids is 1. The number of aliphatic hydroxyl groups is 1. The molecule has 1 saturated heterocycles. The van der Waals surface area contributed by atoms with Gasteiger partial charge in [-0.15, -0.1) is 0 Å². The standard InChI is InChI=1S/C21H24F3N3O4/c1-20(12-28)11-13-9-16(15(10-17(13)31-20)26-5-7-30-8-6-26)27-14(19(25)29)3-2-4-18(27)21(22,23)24/h2-4,9-10,14,28H,5-8,11-12H2,1H3,(H2,25,29). The molecule has 1 aromatic carbocycles. The van der Waals surface area contributed by atoms with Gasteiger partial charge in [-0.1, -0.05) is 12.2 Å². The van der Waals surface area contributed by atoms with Gasteiger partial charge in [0.1, 0.15) is 23.1 Å². The molecule has 2 atom stereocenters. The van der Waals surface area contributed by atoms with Crippen LogP contribution in [0, 0.1) is 0 Å². The van der Waals surface area contributed by atoms with Crippen molar-refractivity contribution >= 4 is 17.3 Å². The first-order valence-electron chi connectivity index (χ1n) is 9.97. The van der Waals surface area contributed by atoms with Crippen LogP contribution in [-0.2, 0) is 16.0 Å².